The quantitative estimate of drug-likeness (QED) is 0.878. The molecule has 1 aliphatic heterocycles. The monoisotopic (exact) mass is 342 g/mol. The molecular weight excluding hydrogens is 312 g/mol. The van der Waals surface area contributed by atoms with Gasteiger partial charge in [0.25, 0.3) is 0 Å². The van der Waals surface area contributed by atoms with Crippen LogP contribution in [0.1, 0.15) is 44.0 Å². The van der Waals surface area contributed by atoms with E-state index in [1.165, 1.54) is 13.0 Å². The average Bonchev–Trinajstić information content (AvgIpc) is 2.89. The van der Waals surface area contributed by atoms with Gasteiger partial charge >= 0.3 is 0 Å². The molecule has 0 bridgehead atoms. The molecule has 1 aromatic heterocycles. The van der Waals surface area contributed by atoms with Crippen molar-refractivity contribution in [2.75, 3.05) is 19.6 Å². The van der Waals surface area contributed by atoms with Gasteiger partial charge < -0.3 is 14.8 Å². The highest BCUT2D eigenvalue weighted by molar-refractivity contribution is 5.78. The van der Waals surface area contributed by atoms with Gasteiger partial charge in [0.1, 0.15) is 5.82 Å². The summed E-state index contributed by atoms with van der Waals surface area (Å²) < 4.78 is 2.09. The summed E-state index contributed by atoms with van der Waals surface area (Å²) in [6.45, 7) is 8.28. The summed E-state index contributed by atoms with van der Waals surface area (Å²) in [7, 11) is 2.03. The Morgan fingerprint density at radius 1 is 1.32 bits per heavy atom. The number of hydrogen-bond acceptors (Lipinski definition) is 3. The maximum absolute atomic E-state index is 12.3. The Kier molecular flexibility index (Phi) is 5.74. The fourth-order valence-electron chi connectivity index (χ4n) is 3.74. The predicted molar refractivity (Wildman–Crippen MR) is 101 cm³/mol. The molecule has 0 aliphatic carbocycles. The Bertz CT molecular complexity index is 729. The maximum Gasteiger partial charge on any atom is 0.220 e. The molecule has 1 amide bonds. The van der Waals surface area contributed by atoms with Gasteiger partial charge in [0.15, 0.2) is 0 Å². The number of carbonyl (C=O) groups excluding carboxylic acids is 1. The van der Waals surface area contributed by atoms with E-state index in [1.807, 2.05) is 14.0 Å². The van der Waals surface area contributed by atoms with Crippen LogP contribution in [0, 0.1) is 12.8 Å². The van der Waals surface area contributed by atoms with Crippen LogP contribution in [-0.4, -0.2) is 40.0 Å². The maximum atomic E-state index is 12.3. The van der Waals surface area contributed by atoms with Crippen LogP contribution in [0.3, 0.4) is 0 Å². The molecule has 3 rings (SSSR count). The molecule has 136 valence electrons. The van der Waals surface area contributed by atoms with Crippen molar-refractivity contribution in [3.63, 3.8) is 0 Å². The van der Waals surface area contributed by atoms with Crippen molar-refractivity contribution in [2.45, 2.75) is 46.1 Å². The second-order valence-electron chi connectivity index (χ2n) is 7.31. The highest BCUT2D eigenvalue weighted by Crippen LogP contribution is 2.21. The lowest BCUT2D eigenvalue weighted by atomic mass is 9.93. The number of piperidine rings is 1. The first-order chi connectivity index (χ1) is 12.1. The molecular formula is C20H30N4O. The van der Waals surface area contributed by atoms with E-state index in [0.29, 0.717) is 18.9 Å². The topological polar surface area (TPSA) is 50.2 Å². The van der Waals surface area contributed by atoms with E-state index in [0.717, 1.165) is 48.4 Å². The largest absolute Gasteiger partial charge is 0.352 e. The number of amides is 1. The van der Waals surface area contributed by atoms with Crippen molar-refractivity contribution < 1.29 is 4.79 Å². The Morgan fingerprint density at radius 2 is 2.08 bits per heavy atom. The van der Waals surface area contributed by atoms with Crippen molar-refractivity contribution in [3.8, 4) is 0 Å². The number of aromatic nitrogens is 2. The Hall–Kier alpha value is -1.88. The first-order valence-electron chi connectivity index (χ1n) is 9.47. The lowest BCUT2D eigenvalue weighted by molar-refractivity contribution is -0.122. The third kappa shape index (κ3) is 4.40. The molecule has 2 aromatic rings. The lowest BCUT2D eigenvalue weighted by Gasteiger charge is -2.31. The Morgan fingerprint density at radius 3 is 2.80 bits per heavy atom. The highest BCUT2D eigenvalue weighted by atomic mass is 16.1. The third-order valence-corrected chi connectivity index (χ3v) is 5.38. The number of rotatable bonds is 6. The standard InChI is InChI=1S/C20H30N4O/c1-4-9-24-10-7-16(8-11-24)13-20(25)21-14-17-5-6-19-18(12-17)22-15(2)23(19)3/h5-6,12,16H,4,7-11,13-14H2,1-3H3,(H,21,25). The van der Waals surface area contributed by atoms with Crippen molar-refractivity contribution in [1.29, 1.82) is 0 Å². The first-order valence-corrected chi connectivity index (χ1v) is 9.47. The molecule has 0 radical (unpaired) electrons. The molecule has 5 nitrogen and oxygen atoms in total. The number of fused-ring (bicyclic) bond motifs is 1. The fourth-order valence-corrected chi connectivity index (χ4v) is 3.74. The van der Waals surface area contributed by atoms with Crippen LogP contribution in [0.2, 0.25) is 0 Å². The molecule has 25 heavy (non-hydrogen) atoms. The minimum atomic E-state index is 0.172. The summed E-state index contributed by atoms with van der Waals surface area (Å²) in [5, 5.41) is 3.08. The summed E-state index contributed by atoms with van der Waals surface area (Å²) >= 11 is 0. The number of hydrogen-bond donors (Lipinski definition) is 1. The number of aryl methyl sites for hydroxylation is 2. The number of nitrogens with one attached hydrogen (secondary N) is 1. The molecule has 1 fully saturated rings. The number of likely N-dealkylation sites (tertiary alicyclic amines) is 1. The normalized spacial score (nSPS) is 16.4. The SMILES string of the molecule is CCCN1CCC(CC(=O)NCc2ccc3c(c2)nc(C)n3C)CC1. The van der Waals surface area contributed by atoms with E-state index in [2.05, 4.69) is 44.9 Å². The summed E-state index contributed by atoms with van der Waals surface area (Å²) in [5.41, 5.74) is 3.23. The van der Waals surface area contributed by atoms with Gasteiger partial charge in [-0.2, -0.15) is 0 Å². The van der Waals surface area contributed by atoms with Crippen LogP contribution in [0.5, 0.6) is 0 Å². The Labute approximate surface area is 150 Å². The molecule has 0 saturated carbocycles. The van der Waals surface area contributed by atoms with Gasteiger partial charge in [0.2, 0.25) is 5.91 Å². The van der Waals surface area contributed by atoms with Crippen LogP contribution in [0.25, 0.3) is 11.0 Å². The minimum Gasteiger partial charge on any atom is -0.352 e. The molecule has 0 spiro atoms. The van der Waals surface area contributed by atoms with Crippen LogP contribution >= 0.6 is 0 Å². The average molecular weight is 342 g/mol. The fraction of sp³-hybridized carbons (Fsp3) is 0.600. The summed E-state index contributed by atoms with van der Waals surface area (Å²) in [6.07, 6.45) is 4.16. The van der Waals surface area contributed by atoms with E-state index >= 15 is 0 Å². The molecule has 2 heterocycles. The minimum absolute atomic E-state index is 0.172. The smallest absolute Gasteiger partial charge is 0.220 e. The van der Waals surface area contributed by atoms with E-state index < -0.39 is 0 Å². The summed E-state index contributed by atoms with van der Waals surface area (Å²) in [5.74, 6) is 1.71. The van der Waals surface area contributed by atoms with Gasteiger partial charge in [-0.25, -0.2) is 4.98 Å². The molecule has 1 N–H and O–H groups in total. The van der Waals surface area contributed by atoms with E-state index in [1.54, 1.807) is 0 Å². The highest BCUT2D eigenvalue weighted by Gasteiger charge is 2.20. The van der Waals surface area contributed by atoms with Crippen molar-refractivity contribution in [2.24, 2.45) is 13.0 Å². The molecule has 1 aromatic carbocycles. The molecule has 0 atom stereocenters. The van der Waals surface area contributed by atoms with E-state index in [-0.39, 0.29) is 5.91 Å². The summed E-state index contributed by atoms with van der Waals surface area (Å²) in [4.78, 5) is 19.3. The van der Waals surface area contributed by atoms with Crippen LogP contribution in [0.15, 0.2) is 18.2 Å². The van der Waals surface area contributed by atoms with Crippen LogP contribution in [-0.2, 0) is 18.4 Å². The van der Waals surface area contributed by atoms with Crippen LogP contribution < -0.4 is 5.32 Å². The van der Waals surface area contributed by atoms with Gasteiger partial charge in [-0.3, -0.25) is 4.79 Å². The summed E-state index contributed by atoms with van der Waals surface area (Å²) in [6, 6.07) is 6.24. The molecule has 0 unspecified atom stereocenters. The molecule has 5 heteroatoms. The van der Waals surface area contributed by atoms with Gasteiger partial charge in [0.05, 0.1) is 11.0 Å². The van der Waals surface area contributed by atoms with E-state index in [4.69, 9.17) is 0 Å². The number of imidazole rings is 1. The zero-order chi connectivity index (χ0) is 17.8. The second kappa shape index (κ2) is 8.00. The van der Waals surface area contributed by atoms with Crippen molar-refractivity contribution >= 4 is 16.9 Å². The number of carbonyl (C=O) groups is 1. The second-order valence-corrected chi connectivity index (χ2v) is 7.31. The predicted octanol–water partition coefficient (Wildman–Crippen LogP) is 3.01. The number of nitrogens with zero attached hydrogens (tertiary/aromatic N) is 3. The Balaban J connectivity index is 1.48. The van der Waals surface area contributed by atoms with Gasteiger partial charge in [-0.1, -0.05) is 13.0 Å². The third-order valence-electron chi connectivity index (χ3n) is 5.38. The molecule has 1 saturated heterocycles. The van der Waals surface area contributed by atoms with Crippen LogP contribution in [0.4, 0.5) is 0 Å². The first kappa shape index (κ1) is 17.9. The van der Waals surface area contributed by atoms with Gasteiger partial charge in [-0.15, -0.1) is 0 Å². The van der Waals surface area contributed by atoms with Crippen molar-refractivity contribution in [3.05, 3.63) is 29.6 Å². The number of benzene rings is 1. The van der Waals surface area contributed by atoms with Crippen molar-refractivity contribution in [1.82, 2.24) is 19.8 Å². The van der Waals surface area contributed by atoms with Gasteiger partial charge in [-0.05, 0) is 69.4 Å². The lowest BCUT2D eigenvalue weighted by Crippen LogP contribution is -2.36. The zero-order valence-corrected chi connectivity index (χ0v) is 15.7. The van der Waals surface area contributed by atoms with Gasteiger partial charge in [0, 0.05) is 20.0 Å². The van der Waals surface area contributed by atoms with E-state index in [9.17, 15) is 4.79 Å². The molecule has 1 aliphatic rings. The zero-order valence-electron chi connectivity index (χ0n) is 15.7.